The second kappa shape index (κ2) is 11.7. The summed E-state index contributed by atoms with van der Waals surface area (Å²) in [6.07, 6.45) is 3.21. The lowest BCUT2D eigenvalue weighted by Gasteiger charge is -2.25. The molecule has 182 valence electrons. The van der Waals surface area contributed by atoms with Crippen LogP contribution in [0, 0.1) is 0 Å². The molecule has 0 aliphatic carbocycles. The highest BCUT2D eigenvalue weighted by atomic mass is 16.5. The van der Waals surface area contributed by atoms with Gasteiger partial charge in [-0.05, 0) is 48.4 Å². The highest BCUT2D eigenvalue weighted by Crippen LogP contribution is 2.39. The third-order valence-corrected chi connectivity index (χ3v) is 5.95. The lowest BCUT2D eigenvalue weighted by Crippen LogP contribution is -2.32. The van der Waals surface area contributed by atoms with Gasteiger partial charge in [0, 0.05) is 39.0 Å². The number of amides is 1. The fourth-order valence-electron chi connectivity index (χ4n) is 4.01. The topological polar surface area (TPSA) is 79.3 Å². The molecule has 0 saturated carbocycles. The molecule has 1 atom stereocenters. The molecule has 1 aliphatic heterocycles. The van der Waals surface area contributed by atoms with E-state index in [0.717, 1.165) is 30.5 Å². The van der Waals surface area contributed by atoms with Crippen LogP contribution in [-0.4, -0.2) is 62.7 Å². The van der Waals surface area contributed by atoms with Gasteiger partial charge in [-0.2, -0.15) is 0 Å². The molecule has 1 fully saturated rings. The Morgan fingerprint density at radius 2 is 1.68 bits per heavy atom. The van der Waals surface area contributed by atoms with Crippen LogP contribution in [0.15, 0.2) is 54.1 Å². The van der Waals surface area contributed by atoms with Crippen molar-refractivity contribution < 1.29 is 24.2 Å². The van der Waals surface area contributed by atoms with E-state index in [9.17, 15) is 14.7 Å². The number of aliphatic hydroxyl groups is 1. The standard InChI is InChI=1S/C27H34N2O5/c1-5-6-7-17-34-22-14-10-20(11-15-22)25(30)23-24(19-8-12-21(13-9-19)28(2)3)29(16-18-33-4)27(32)26(23)31/h8-15,24,30H,5-7,16-18H2,1-4H3/b25-23-. The first kappa shape index (κ1) is 25.3. The van der Waals surface area contributed by atoms with Crippen LogP contribution in [0.1, 0.15) is 43.4 Å². The lowest BCUT2D eigenvalue weighted by atomic mass is 9.95. The van der Waals surface area contributed by atoms with E-state index >= 15 is 0 Å². The van der Waals surface area contributed by atoms with Crippen LogP contribution in [0.2, 0.25) is 0 Å². The number of nitrogens with zero attached hydrogens (tertiary/aromatic N) is 2. The van der Waals surface area contributed by atoms with Gasteiger partial charge in [0.05, 0.1) is 24.8 Å². The van der Waals surface area contributed by atoms with Gasteiger partial charge in [0.25, 0.3) is 11.7 Å². The van der Waals surface area contributed by atoms with Crippen molar-refractivity contribution >= 4 is 23.1 Å². The van der Waals surface area contributed by atoms with Crippen molar-refractivity contribution in [2.45, 2.75) is 32.2 Å². The van der Waals surface area contributed by atoms with E-state index in [1.165, 1.54) is 4.90 Å². The molecular weight excluding hydrogens is 432 g/mol. The number of ketones is 1. The van der Waals surface area contributed by atoms with Gasteiger partial charge in [-0.3, -0.25) is 9.59 Å². The van der Waals surface area contributed by atoms with Crippen molar-refractivity contribution in [2.24, 2.45) is 0 Å². The Morgan fingerprint density at radius 3 is 2.26 bits per heavy atom. The predicted molar refractivity (Wildman–Crippen MR) is 133 cm³/mol. The Hall–Kier alpha value is -3.32. The average molecular weight is 467 g/mol. The van der Waals surface area contributed by atoms with Crippen molar-refractivity contribution in [3.63, 3.8) is 0 Å². The summed E-state index contributed by atoms with van der Waals surface area (Å²) in [7, 11) is 5.43. The van der Waals surface area contributed by atoms with Crippen LogP contribution in [0.25, 0.3) is 5.76 Å². The minimum Gasteiger partial charge on any atom is -0.507 e. The Balaban J connectivity index is 1.96. The highest BCUT2D eigenvalue weighted by Gasteiger charge is 2.45. The fraction of sp³-hybridized carbons (Fsp3) is 0.407. The molecule has 1 heterocycles. The minimum atomic E-state index is -0.699. The van der Waals surface area contributed by atoms with Gasteiger partial charge in [0.2, 0.25) is 0 Å². The zero-order valence-corrected chi connectivity index (χ0v) is 20.4. The van der Waals surface area contributed by atoms with Gasteiger partial charge in [0.15, 0.2) is 0 Å². The van der Waals surface area contributed by atoms with E-state index in [1.54, 1.807) is 31.4 Å². The second-order valence-electron chi connectivity index (χ2n) is 8.55. The Bertz CT molecular complexity index is 1010. The van der Waals surface area contributed by atoms with E-state index in [0.29, 0.717) is 17.9 Å². The molecule has 1 aliphatic rings. The zero-order chi connectivity index (χ0) is 24.7. The molecule has 2 aromatic rings. The van der Waals surface area contributed by atoms with Crippen LogP contribution in [0.3, 0.4) is 0 Å². The summed E-state index contributed by atoms with van der Waals surface area (Å²) in [5, 5.41) is 11.2. The van der Waals surface area contributed by atoms with Crippen LogP contribution < -0.4 is 9.64 Å². The predicted octanol–water partition coefficient (Wildman–Crippen LogP) is 4.39. The van der Waals surface area contributed by atoms with Crippen molar-refractivity contribution in [2.75, 3.05) is 45.9 Å². The first-order chi connectivity index (χ1) is 16.4. The second-order valence-corrected chi connectivity index (χ2v) is 8.55. The molecule has 1 saturated heterocycles. The number of hydrogen-bond acceptors (Lipinski definition) is 6. The summed E-state index contributed by atoms with van der Waals surface area (Å²) in [6, 6.07) is 13.9. The number of unbranched alkanes of at least 4 members (excludes halogenated alkanes) is 2. The van der Waals surface area contributed by atoms with E-state index in [2.05, 4.69) is 6.92 Å². The zero-order valence-electron chi connectivity index (χ0n) is 20.4. The Kier molecular flexibility index (Phi) is 8.71. The maximum absolute atomic E-state index is 13.0. The molecule has 0 bridgehead atoms. The number of hydrogen-bond donors (Lipinski definition) is 1. The van der Waals surface area contributed by atoms with E-state index < -0.39 is 17.7 Å². The molecule has 7 nitrogen and oxygen atoms in total. The number of carbonyl (C=O) groups excluding carboxylic acids is 2. The van der Waals surface area contributed by atoms with Crippen molar-refractivity contribution in [1.82, 2.24) is 4.90 Å². The maximum Gasteiger partial charge on any atom is 0.295 e. The van der Waals surface area contributed by atoms with Gasteiger partial charge in [-0.1, -0.05) is 31.9 Å². The number of ether oxygens (including phenoxy) is 2. The molecule has 1 unspecified atom stereocenters. The number of carbonyl (C=O) groups is 2. The van der Waals surface area contributed by atoms with Gasteiger partial charge >= 0.3 is 0 Å². The molecule has 0 radical (unpaired) electrons. The number of aliphatic hydroxyl groups excluding tert-OH is 1. The fourth-order valence-corrected chi connectivity index (χ4v) is 4.01. The number of anilines is 1. The Morgan fingerprint density at radius 1 is 1.00 bits per heavy atom. The van der Waals surface area contributed by atoms with Crippen LogP contribution >= 0.6 is 0 Å². The molecule has 0 aromatic heterocycles. The summed E-state index contributed by atoms with van der Waals surface area (Å²) >= 11 is 0. The van der Waals surface area contributed by atoms with Crippen LogP contribution in [0.5, 0.6) is 5.75 Å². The number of benzene rings is 2. The van der Waals surface area contributed by atoms with Crippen LogP contribution in [-0.2, 0) is 14.3 Å². The van der Waals surface area contributed by atoms with Crippen LogP contribution in [0.4, 0.5) is 5.69 Å². The summed E-state index contributed by atoms with van der Waals surface area (Å²) in [6.45, 7) is 3.29. The molecule has 3 rings (SSSR count). The average Bonchev–Trinajstić information content (AvgIpc) is 3.10. The van der Waals surface area contributed by atoms with Crippen molar-refractivity contribution in [3.05, 3.63) is 65.2 Å². The smallest absolute Gasteiger partial charge is 0.295 e. The first-order valence-corrected chi connectivity index (χ1v) is 11.7. The summed E-state index contributed by atoms with van der Waals surface area (Å²) < 4.78 is 10.9. The van der Waals surface area contributed by atoms with Gasteiger partial charge in [-0.15, -0.1) is 0 Å². The van der Waals surface area contributed by atoms with E-state index in [4.69, 9.17) is 9.47 Å². The molecule has 7 heteroatoms. The molecule has 0 spiro atoms. The summed E-state index contributed by atoms with van der Waals surface area (Å²) in [5.74, 6) is -0.840. The monoisotopic (exact) mass is 466 g/mol. The summed E-state index contributed by atoms with van der Waals surface area (Å²) in [4.78, 5) is 29.4. The molecule has 1 amide bonds. The molecule has 1 N–H and O–H groups in total. The Labute approximate surface area is 201 Å². The number of likely N-dealkylation sites (tertiary alicyclic amines) is 1. The normalized spacial score (nSPS) is 17.3. The number of rotatable bonds is 11. The third-order valence-electron chi connectivity index (χ3n) is 5.95. The lowest BCUT2D eigenvalue weighted by molar-refractivity contribution is -0.140. The highest BCUT2D eigenvalue weighted by molar-refractivity contribution is 6.46. The van der Waals surface area contributed by atoms with Crippen molar-refractivity contribution in [3.8, 4) is 5.75 Å². The number of Topliss-reactive ketones (excluding diaryl/α,β-unsaturated/α-hetero) is 1. The molecule has 34 heavy (non-hydrogen) atoms. The SMILES string of the molecule is CCCCCOc1ccc(/C(O)=C2/C(=O)C(=O)N(CCOC)C2c2ccc(N(C)C)cc2)cc1. The third kappa shape index (κ3) is 5.59. The van der Waals surface area contributed by atoms with Gasteiger partial charge in [-0.25, -0.2) is 0 Å². The minimum absolute atomic E-state index is 0.0790. The number of methoxy groups -OCH3 is 1. The maximum atomic E-state index is 13.0. The quantitative estimate of drug-likeness (QED) is 0.229. The molecular formula is C27H34N2O5. The largest absolute Gasteiger partial charge is 0.507 e. The van der Waals surface area contributed by atoms with Crippen molar-refractivity contribution in [1.29, 1.82) is 0 Å². The molecule has 2 aromatic carbocycles. The van der Waals surface area contributed by atoms with Gasteiger partial charge < -0.3 is 24.4 Å². The first-order valence-electron chi connectivity index (χ1n) is 11.7. The van der Waals surface area contributed by atoms with E-state index in [1.807, 2.05) is 43.3 Å². The van der Waals surface area contributed by atoms with E-state index in [-0.39, 0.29) is 24.5 Å². The van der Waals surface area contributed by atoms with Gasteiger partial charge in [0.1, 0.15) is 11.5 Å². The summed E-state index contributed by atoms with van der Waals surface area (Å²) in [5.41, 5.74) is 2.28.